The Balaban J connectivity index is 0. The number of carbonyl (C=O) groups excluding carboxylic acids is 1. The number of rotatable bonds is 6. The van der Waals surface area contributed by atoms with E-state index in [0.717, 1.165) is 19.4 Å². The Morgan fingerprint density at radius 2 is 1.58 bits per heavy atom. The van der Waals surface area contributed by atoms with Gasteiger partial charge in [0.25, 0.3) is 0 Å². The zero-order valence-electron chi connectivity index (χ0n) is 12.9. The molecule has 0 aromatic rings. The van der Waals surface area contributed by atoms with Crippen LogP contribution in [0.1, 0.15) is 19.3 Å². The molecule has 1 fully saturated rings. The number of carboxylic acid groups (broad SMARTS) is 3. The Kier molecular flexibility index (Phi) is 13.7. The summed E-state index contributed by atoms with van der Waals surface area (Å²) in [5.41, 5.74) is 14.5. The molecule has 1 heterocycles. The molecule has 0 bridgehead atoms. The number of primary amides is 1. The summed E-state index contributed by atoms with van der Waals surface area (Å²) in [6, 6.07) is -2.25. The van der Waals surface area contributed by atoms with Gasteiger partial charge in [0.1, 0.15) is 18.1 Å². The van der Waals surface area contributed by atoms with Crippen molar-refractivity contribution in [2.24, 2.45) is 17.2 Å². The number of nitrogens with two attached hydrogens (primary N) is 3. The summed E-state index contributed by atoms with van der Waals surface area (Å²) in [5, 5.41) is 27.3. The molecule has 10 N–H and O–H groups in total. The molecule has 12 heteroatoms. The third kappa shape index (κ3) is 13.8. The molecule has 0 aliphatic carbocycles. The first kappa shape index (κ1) is 24.4. The van der Waals surface area contributed by atoms with E-state index in [9.17, 15) is 19.2 Å². The van der Waals surface area contributed by atoms with E-state index in [4.69, 9.17) is 26.8 Å². The SMILES string of the molecule is NC(=O)CC(N)C(=O)O.NC(CS)C(=O)O.O=C(O)[C@@H]1CCCN1. The third-order valence-corrected chi connectivity index (χ3v) is 3.00. The largest absolute Gasteiger partial charge is 0.480 e. The highest BCUT2D eigenvalue weighted by Gasteiger charge is 2.20. The van der Waals surface area contributed by atoms with Crippen LogP contribution in [0.25, 0.3) is 0 Å². The van der Waals surface area contributed by atoms with Crippen molar-refractivity contribution in [3.63, 3.8) is 0 Å². The molecule has 0 spiro atoms. The number of amides is 1. The van der Waals surface area contributed by atoms with Crippen molar-refractivity contribution in [3.8, 4) is 0 Å². The van der Waals surface area contributed by atoms with Gasteiger partial charge in [0.05, 0.1) is 6.42 Å². The lowest BCUT2D eigenvalue weighted by Gasteiger charge is -1.99. The van der Waals surface area contributed by atoms with E-state index in [1.807, 2.05) is 0 Å². The highest BCUT2D eigenvalue weighted by Crippen LogP contribution is 2.03. The van der Waals surface area contributed by atoms with Crippen LogP contribution in [0, 0.1) is 0 Å². The summed E-state index contributed by atoms with van der Waals surface area (Å²) in [7, 11) is 0. The lowest BCUT2D eigenvalue weighted by Crippen LogP contribution is -2.34. The van der Waals surface area contributed by atoms with Crippen molar-refractivity contribution in [2.45, 2.75) is 37.4 Å². The van der Waals surface area contributed by atoms with Gasteiger partial charge >= 0.3 is 17.9 Å². The molecule has 140 valence electrons. The Morgan fingerprint density at radius 3 is 1.71 bits per heavy atom. The summed E-state index contributed by atoms with van der Waals surface area (Å²) >= 11 is 3.65. The highest BCUT2D eigenvalue weighted by atomic mass is 32.1. The van der Waals surface area contributed by atoms with Gasteiger partial charge in [-0.25, -0.2) is 0 Å². The van der Waals surface area contributed by atoms with Crippen molar-refractivity contribution < 1.29 is 34.5 Å². The normalized spacial score (nSPS) is 18.0. The number of carbonyl (C=O) groups is 4. The van der Waals surface area contributed by atoms with Crippen LogP contribution in [-0.2, 0) is 19.2 Å². The maximum Gasteiger partial charge on any atom is 0.321 e. The standard InChI is InChI=1S/C5H9NO2.C4H8N2O3.C3H7NO2S/c7-5(8)4-2-1-3-6-4;5-2(4(8)9)1-3(6)7;4-2(1-7)3(5)6/h4,6H,1-3H2,(H,7,8);2H,1,5H2,(H2,6,7)(H,8,9);2,7H,1,4H2,(H,5,6)/t4-;;/m0../s1. The minimum atomic E-state index is -1.21. The maximum atomic E-state index is 10.1. The molecular formula is C12H24N4O7S. The van der Waals surface area contributed by atoms with Gasteiger partial charge in [-0.1, -0.05) is 0 Å². The van der Waals surface area contributed by atoms with Crippen LogP contribution in [0.5, 0.6) is 0 Å². The van der Waals surface area contributed by atoms with Crippen LogP contribution in [0.15, 0.2) is 0 Å². The minimum absolute atomic E-state index is 0.190. The first-order chi connectivity index (χ1) is 11.0. The van der Waals surface area contributed by atoms with Crippen LogP contribution in [-0.4, -0.2) is 69.6 Å². The number of aliphatic carboxylic acids is 3. The fourth-order valence-corrected chi connectivity index (χ4v) is 1.43. The number of carboxylic acids is 3. The van der Waals surface area contributed by atoms with Gasteiger partial charge < -0.3 is 37.8 Å². The van der Waals surface area contributed by atoms with E-state index in [2.05, 4.69) is 23.7 Å². The minimum Gasteiger partial charge on any atom is -0.480 e. The fourth-order valence-electron chi connectivity index (χ4n) is 1.28. The molecule has 2 unspecified atom stereocenters. The Morgan fingerprint density at radius 1 is 1.08 bits per heavy atom. The number of hydrogen-bond acceptors (Lipinski definition) is 8. The molecule has 3 atom stereocenters. The summed E-state index contributed by atoms with van der Waals surface area (Å²) < 4.78 is 0. The number of nitrogens with one attached hydrogen (secondary N) is 1. The van der Waals surface area contributed by atoms with Gasteiger partial charge in [0.2, 0.25) is 5.91 Å². The smallest absolute Gasteiger partial charge is 0.321 e. The van der Waals surface area contributed by atoms with Crippen LogP contribution in [0.4, 0.5) is 0 Å². The monoisotopic (exact) mass is 368 g/mol. The number of hydrogen-bond donors (Lipinski definition) is 8. The quantitative estimate of drug-likeness (QED) is 0.229. The molecule has 1 saturated heterocycles. The highest BCUT2D eigenvalue weighted by molar-refractivity contribution is 7.80. The fraction of sp³-hybridized carbons (Fsp3) is 0.667. The van der Waals surface area contributed by atoms with E-state index in [0.29, 0.717) is 0 Å². The van der Waals surface area contributed by atoms with Crippen LogP contribution in [0.2, 0.25) is 0 Å². The van der Waals surface area contributed by atoms with E-state index in [1.165, 1.54) is 0 Å². The van der Waals surface area contributed by atoms with Crippen molar-refractivity contribution in [2.75, 3.05) is 12.3 Å². The van der Waals surface area contributed by atoms with Gasteiger partial charge in [0, 0.05) is 5.75 Å². The topological polar surface area (TPSA) is 219 Å². The molecule has 0 aromatic heterocycles. The van der Waals surface area contributed by atoms with Crippen molar-refractivity contribution in [1.29, 1.82) is 0 Å². The van der Waals surface area contributed by atoms with E-state index in [-0.39, 0.29) is 18.2 Å². The lowest BCUT2D eigenvalue weighted by atomic mass is 10.2. The van der Waals surface area contributed by atoms with E-state index >= 15 is 0 Å². The molecule has 24 heavy (non-hydrogen) atoms. The number of thiol groups is 1. The second kappa shape index (κ2) is 13.5. The molecule has 1 aliphatic rings. The second-order valence-corrected chi connectivity index (χ2v) is 5.09. The lowest BCUT2D eigenvalue weighted by molar-refractivity contribution is -0.140. The average Bonchev–Trinajstić information content (AvgIpc) is 3.01. The van der Waals surface area contributed by atoms with Crippen LogP contribution in [0.3, 0.4) is 0 Å². The first-order valence-electron chi connectivity index (χ1n) is 6.85. The molecule has 1 rings (SSSR count). The van der Waals surface area contributed by atoms with Gasteiger partial charge in [-0.15, -0.1) is 0 Å². The van der Waals surface area contributed by atoms with E-state index < -0.39 is 35.9 Å². The summed E-state index contributed by atoms with van der Waals surface area (Å²) in [4.78, 5) is 39.8. The molecule has 0 radical (unpaired) electrons. The molecule has 1 amide bonds. The maximum absolute atomic E-state index is 10.1. The van der Waals surface area contributed by atoms with Gasteiger partial charge in [-0.3, -0.25) is 19.2 Å². The second-order valence-electron chi connectivity index (χ2n) is 4.73. The summed E-state index contributed by atoms with van der Waals surface area (Å²) in [6.45, 7) is 0.858. The zero-order valence-corrected chi connectivity index (χ0v) is 13.8. The van der Waals surface area contributed by atoms with Gasteiger partial charge in [-0.2, -0.15) is 12.6 Å². The summed E-state index contributed by atoms with van der Waals surface area (Å²) in [5.74, 6) is -3.45. The Bertz CT molecular complexity index is 430. The molecule has 0 saturated carbocycles. The molecular weight excluding hydrogens is 344 g/mol. The molecule has 0 aromatic carbocycles. The van der Waals surface area contributed by atoms with Crippen LogP contribution < -0.4 is 22.5 Å². The summed E-state index contributed by atoms with van der Waals surface area (Å²) in [6.07, 6.45) is 1.47. The van der Waals surface area contributed by atoms with Gasteiger partial charge in [-0.05, 0) is 19.4 Å². The molecule has 1 aliphatic heterocycles. The molecule has 11 nitrogen and oxygen atoms in total. The Hall–Kier alpha value is -1.89. The Labute approximate surface area is 144 Å². The predicted octanol–water partition coefficient (Wildman–Crippen LogP) is -2.58. The third-order valence-electron chi connectivity index (χ3n) is 2.61. The predicted molar refractivity (Wildman–Crippen MR) is 87.5 cm³/mol. The van der Waals surface area contributed by atoms with Crippen molar-refractivity contribution >= 4 is 36.4 Å². The van der Waals surface area contributed by atoms with E-state index in [1.54, 1.807) is 0 Å². The average molecular weight is 368 g/mol. The van der Waals surface area contributed by atoms with Crippen molar-refractivity contribution in [1.82, 2.24) is 5.32 Å². The zero-order chi connectivity index (χ0) is 19.3. The van der Waals surface area contributed by atoms with Gasteiger partial charge in [0.15, 0.2) is 0 Å². The first-order valence-corrected chi connectivity index (χ1v) is 7.48. The van der Waals surface area contributed by atoms with Crippen molar-refractivity contribution in [3.05, 3.63) is 0 Å². The van der Waals surface area contributed by atoms with Crippen LogP contribution >= 0.6 is 12.6 Å².